The number of ether oxygens (including phenoxy) is 1. The van der Waals surface area contributed by atoms with Gasteiger partial charge in [0.2, 0.25) is 5.91 Å². The van der Waals surface area contributed by atoms with E-state index in [0.717, 1.165) is 12.0 Å². The number of amides is 2. The third-order valence-corrected chi connectivity index (χ3v) is 5.75. The Morgan fingerprint density at radius 2 is 1.84 bits per heavy atom. The van der Waals surface area contributed by atoms with Crippen LogP contribution in [0.4, 0.5) is 4.39 Å². The van der Waals surface area contributed by atoms with Crippen molar-refractivity contribution in [1.82, 2.24) is 10.2 Å². The van der Waals surface area contributed by atoms with E-state index in [-0.39, 0.29) is 36.8 Å². The standard InChI is InChI=1S/C23H27BrClFN2O3/c1-4-15(3)27-23(30)20(5-2)28(13-16-6-9-18(26)10-7-16)22(29)14-31-21-11-8-17(25)12-19(21)24/h6-12,15,20H,4-5,13-14H2,1-3H3,(H,27,30)/t15-,20-/m1/s1. The minimum atomic E-state index is -0.677. The summed E-state index contributed by atoms with van der Waals surface area (Å²) in [4.78, 5) is 27.5. The molecular weight excluding hydrogens is 487 g/mol. The maximum atomic E-state index is 13.3. The molecule has 0 radical (unpaired) electrons. The van der Waals surface area contributed by atoms with Crippen molar-refractivity contribution in [2.24, 2.45) is 0 Å². The summed E-state index contributed by atoms with van der Waals surface area (Å²) in [5, 5.41) is 3.48. The molecular formula is C23H27BrClFN2O3. The van der Waals surface area contributed by atoms with Gasteiger partial charge in [-0.3, -0.25) is 9.59 Å². The lowest BCUT2D eigenvalue weighted by atomic mass is 10.1. The molecule has 2 atom stereocenters. The number of nitrogens with one attached hydrogen (secondary N) is 1. The Bertz CT molecular complexity index is 895. The number of hydrogen-bond acceptors (Lipinski definition) is 3. The van der Waals surface area contributed by atoms with E-state index in [2.05, 4.69) is 21.2 Å². The second kappa shape index (κ2) is 12.1. The lowest BCUT2D eigenvalue weighted by molar-refractivity contribution is -0.143. The first-order chi connectivity index (χ1) is 14.7. The molecule has 0 unspecified atom stereocenters. The largest absolute Gasteiger partial charge is 0.483 e. The van der Waals surface area contributed by atoms with Gasteiger partial charge >= 0.3 is 0 Å². The molecule has 0 fully saturated rings. The van der Waals surface area contributed by atoms with Gasteiger partial charge in [-0.25, -0.2) is 4.39 Å². The van der Waals surface area contributed by atoms with Gasteiger partial charge < -0.3 is 15.0 Å². The van der Waals surface area contributed by atoms with Gasteiger partial charge in [0, 0.05) is 17.6 Å². The molecule has 2 rings (SSSR count). The van der Waals surface area contributed by atoms with E-state index in [1.165, 1.54) is 17.0 Å². The number of halogens is 3. The molecule has 2 aromatic carbocycles. The summed E-state index contributed by atoms with van der Waals surface area (Å²) in [6.45, 7) is 5.65. The van der Waals surface area contributed by atoms with Crippen LogP contribution >= 0.6 is 27.5 Å². The fourth-order valence-corrected chi connectivity index (χ4v) is 3.76. The Kier molecular flexibility index (Phi) is 9.78. The average Bonchev–Trinajstić information content (AvgIpc) is 2.74. The van der Waals surface area contributed by atoms with Crippen LogP contribution in [0, 0.1) is 5.82 Å². The van der Waals surface area contributed by atoms with Crippen LogP contribution in [-0.2, 0) is 16.1 Å². The van der Waals surface area contributed by atoms with Crippen molar-refractivity contribution < 1.29 is 18.7 Å². The summed E-state index contributed by atoms with van der Waals surface area (Å²) in [6.07, 6.45) is 1.21. The maximum Gasteiger partial charge on any atom is 0.261 e. The summed E-state index contributed by atoms with van der Waals surface area (Å²) in [7, 11) is 0. The van der Waals surface area contributed by atoms with Gasteiger partial charge in [0.25, 0.3) is 5.91 Å². The molecule has 31 heavy (non-hydrogen) atoms. The maximum absolute atomic E-state index is 13.3. The number of hydrogen-bond donors (Lipinski definition) is 1. The average molecular weight is 514 g/mol. The van der Waals surface area contributed by atoms with Crippen LogP contribution in [0.3, 0.4) is 0 Å². The van der Waals surface area contributed by atoms with Gasteiger partial charge in [-0.05, 0) is 71.6 Å². The van der Waals surface area contributed by atoms with Gasteiger partial charge in [0.15, 0.2) is 6.61 Å². The predicted octanol–water partition coefficient (Wildman–Crippen LogP) is 5.34. The molecule has 0 aliphatic rings. The summed E-state index contributed by atoms with van der Waals surface area (Å²) in [5.41, 5.74) is 0.720. The summed E-state index contributed by atoms with van der Waals surface area (Å²) >= 11 is 9.31. The minimum absolute atomic E-state index is 0.00871. The quantitative estimate of drug-likeness (QED) is 0.466. The summed E-state index contributed by atoms with van der Waals surface area (Å²) in [5.74, 6) is -0.465. The van der Waals surface area contributed by atoms with Crippen LogP contribution in [0.5, 0.6) is 5.75 Å². The van der Waals surface area contributed by atoms with Gasteiger partial charge in [-0.2, -0.15) is 0 Å². The number of carbonyl (C=O) groups excluding carboxylic acids is 2. The van der Waals surface area contributed by atoms with Crippen molar-refractivity contribution in [3.63, 3.8) is 0 Å². The van der Waals surface area contributed by atoms with E-state index in [4.69, 9.17) is 16.3 Å². The fourth-order valence-electron chi connectivity index (χ4n) is 2.96. The molecule has 0 saturated heterocycles. The summed E-state index contributed by atoms with van der Waals surface area (Å²) < 4.78 is 19.6. The monoisotopic (exact) mass is 512 g/mol. The van der Waals surface area contributed by atoms with Crippen LogP contribution in [0.1, 0.15) is 39.2 Å². The van der Waals surface area contributed by atoms with E-state index in [0.29, 0.717) is 21.7 Å². The molecule has 0 saturated carbocycles. The normalized spacial score (nSPS) is 12.7. The molecule has 0 spiro atoms. The highest BCUT2D eigenvalue weighted by molar-refractivity contribution is 9.10. The second-order valence-corrected chi connectivity index (χ2v) is 8.54. The number of benzene rings is 2. The number of carbonyl (C=O) groups is 2. The third-order valence-electron chi connectivity index (χ3n) is 4.90. The molecule has 0 aliphatic heterocycles. The van der Waals surface area contributed by atoms with Crippen molar-refractivity contribution in [2.45, 2.75) is 52.2 Å². The van der Waals surface area contributed by atoms with Gasteiger partial charge in [0.05, 0.1) is 4.47 Å². The lowest BCUT2D eigenvalue weighted by Gasteiger charge is -2.31. The highest BCUT2D eigenvalue weighted by Gasteiger charge is 2.29. The molecule has 2 aromatic rings. The van der Waals surface area contributed by atoms with Gasteiger partial charge in [0.1, 0.15) is 17.6 Å². The Hall–Kier alpha value is -2.12. The van der Waals surface area contributed by atoms with Crippen molar-refractivity contribution >= 4 is 39.3 Å². The molecule has 5 nitrogen and oxygen atoms in total. The Balaban J connectivity index is 2.22. The van der Waals surface area contributed by atoms with Crippen LogP contribution in [0.25, 0.3) is 0 Å². The van der Waals surface area contributed by atoms with Crippen LogP contribution in [-0.4, -0.2) is 35.4 Å². The molecule has 168 valence electrons. The summed E-state index contributed by atoms with van der Waals surface area (Å²) in [6, 6.07) is 10.2. The molecule has 0 aromatic heterocycles. The van der Waals surface area contributed by atoms with Crippen molar-refractivity contribution in [2.75, 3.05) is 6.61 Å². The van der Waals surface area contributed by atoms with E-state index in [1.54, 1.807) is 30.3 Å². The molecule has 0 heterocycles. The first-order valence-corrected chi connectivity index (χ1v) is 11.3. The lowest BCUT2D eigenvalue weighted by Crippen LogP contribution is -2.51. The van der Waals surface area contributed by atoms with Crippen LogP contribution in [0.15, 0.2) is 46.9 Å². The Morgan fingerprint density at radius 1 is 1.16 bits per heavy atom. The van der Waals surface area contributed by atoms with Gasteiger partial charge in [-0.1, -0.05) is 37.6 Å². The molecule has 2 amide bonds. The molecule has 1 N–H and O–H groups in total. The number of rotatable bonds is 10. The topological polar surface area (TPSA) is 58.6 Å². The Labute approximate surface area is 196 Å². The van der Waals surface area contributed by atoms with Crippen LogP contribution < -0.4 is 10.1 Å². The highest BCUT2D eigenvalue weighted by Crippen LogP contribution is 2.28. The fraction of sp³-hybridized carbons (Fsp3) is 0.391. The Morgan fingerprint density at radius 3 is 2.42 bits per heavy atom. The molecule has 8 heteroatoms. The zero-order chi connectivity index (χ0) is 23.0. The number of nitrogens with zero attached hydrogens (tertiary/aromatic N) is 1. The van der Waals surface area contributed by atoms with Crippen molar-refractivity contribution in [3.8, 4) is 5.75 Å². The zero-order valence-electron chi connectivity index (χ0n) is 17.8. The van der Waals surface area contributed by atoms with E-state index < -0.39 is 6.04 Å². The SMILES string of the molecule is CC[C@@H](C)NC(=O)[C@@H](CC)N(Cc1ccc(F)cc1)C(=O)COc1ccc(Cl)cc1Br. The van der Waals surface area contributed by atoms with Crippen molar-refractivity contribution in [1.29, 1.82) is 0 Å². The van der Waals surface area contributed by atoms with E-state index in [9.17, 15) is 14.0 Å². The zero-order valence-corrected chi connectivity index (χ0v) is 20.2. The first-order valence-electron chi connectivity index (χ1n) is 10.2. The van der Waals surface area contributed by atoms with E-state index in [1.807, 2.05) is 20.8 Å². The smallest absolute Gasteiger partial charge is 0.261 e. The second-order valence-electron chi connectivity index (χ2n) is 7.25. The molecule has 0 aliphatic carbocycles. The predicted molar refractivity (Wildman–Crippen MR) is 124 cm³/mol. The van der Waals surface area contributed by atoms with E-state index >= 15 is 0 Å². The first kappa shape index (κ1) is 25.1. The van der Waals surface area contributed by atoms with Crippen molar-refractivity contribution in [3.05, 3.63) is 63.3 Å². The molecule has 0 bridgehead atoms. The van der Waals surface area contributed by atoms with Crippen LogP contribution in [0.2, 0.25) is 5.02 Å². The van der Waals surface area contributed by atoms with Gasteiger partial charge in [-0.15, -0.1) is 0 Å². The minimum Gasteiger partial charge on any atom is -0.483 e. The third kappa shape index (κ3) is 7.51. The highest BCUT2D eigenvalue weighted by atomic mass is 79.9.